The summed E-state index contributed by atoms with van der Waals surface area (Å²) < 4.78 is 0. The van der Waals surface area contributed by atoms with Gasteiger partial charge in [-0.25, -0.2) is 4.79 Å². The lowest BCUT2D eigenvalue weighted by atomic mass is 10.1. The largest absolute Gasteiger partial charge is 0.478 e. The number of anilines is 1. The molecule has 0 spiro atoms. The topological polar surface area (TPSA) is 66.4 Å². The van der Waals surface area contributed by atoms with E-state index in [-0.39, 0.29) is 11.5 Å². The minimum absolute atomic E-state index is 0.0729. The Kier molecular flexibility index (Phi) is 3.19. The maximum absolute atomic E-state index is 11.7. The molecule has 1 amide bonds. The Hall–Kier alpha value is -1.36. The molecule has 5 heteroatoms. The number of hydrogen-bond donors (Lipinski definition) is 2. The summed E-state index contributed by atoms with van der Waals surface area (Å²) in [5.74, 6) is -0.546. The molecule has 1 fully saturated rings. The molecule has 1 aromatic rings. The highest BCUT2D eigenvalue weighted by Crippen LogP contribution is 2.35. The fourth-order valence-corrected chi connectivity index (χ4v) is 2.80. The average Bonchev–Trinajstić information content (AvgIpc) is 2.95. The van der Waals surface area contributed by atoms with Gasteiger partial charge in [-0.1, -0.05) is 0 Å². The van der Waals surface area contributed by atoms with E-state index in [1.165, 1.54) is 11.3 Å². The summed E-state index contributed by atoms with van der Waals surface area (Å²) in [4.78, 5) is 23.7. The van der Waals surface area contributed by atoms with Gasteiger partial charge >= 0.3 is 5.97 Å². The maximum atomic E-state index is 11.7. The maximum Gasteiger partial charge on any atom is 0.338 e. The summed E-state index contributed by atoms with van der Waals surface area (Å²) in [5, 5.41) is 12.3. The first-order chi connectivity index (χ1) is 7.99. The summed E-state index contributed by atoms with van der Waals surface area (Å²) in [6, 6.07) is 0. The van der Waals surface area contributed by atoms with E-state index in [4.69, 9.17) is 5.11 Å². The Morgan fingerprint density at radius 1 is 1.41 bits per heavy atom. The predicted octanol–water partition coefficient (Wildman–Crippen LogP) is 2.80. The van der Waals surface area contributed by atoms with Crippen LogP contribution >= 0.6 is 11.3 Å². The van der Waals surface area contributed by atoms with E-state index in [1.54, 1.807) is 6.92 Å². The van der Waals surface area contributed by atoms with Crippen molar-refractivity contribution in [1.29, 1.82) is 0 Å². The van der Waals surface area contributed by atoms with Crippen molar-refractivity contribution < 1.29 is 14.7 Å². The van der Waals surface area contributed by atoms with Gasteiger partial charge in [0.2, 0.25) is 5.91 Å². The molecule has 1 heterocycles. The third-order valence-corrected chi connectivity index (χ3v) is 4.15. The standard InChI is InChI=1S/C12H15NO3S/c1-6-7(2)17-11(10(6)12(15)16)13-9(14)5-8-3-4-8/h8H,3-5H2,1-2H3,(H,13,14)(H,15,16). The molecular weight excluding hydrogens is 238 g/mol. The Morgan fingerprint density at radius 2 is 2.06 bits per heavy atom. The van der Waals surface area contributed by atoms with Crippen molar-refractivity contribution in [3.8, 4) is 0 Å². The van der Waals surface area contributed by atoms with Gasteiger partial charge in [-0.3, -0.25) is 4.79 Å². The average molecular weight is 253 g/mol. The molecule has 4 nitrogen and oxygen atoms in total. The number of amides is 1. The van der Waals surface area contributed by atoms with Gasteiger partial charge in [0.1, 0.15) is 5.00 Å². The zero-order valence-electron chi connectivity index (χ0n) is 9.87. The molecule has 2 rings (SSSR count). The number of nitrogens with one attached hydrogen (secondary N) is 1. The second-order valence-electron chi connectivity index (χ2n) is 4.49. The first-order valence-corrected chi connectivity index (χ1v) is 6.43. The highest BCUT2D eigenvalue weighted by molar-refractivity contribution is 7.16. The number of carbonyl (C=O) groups excluding carboxylic acids is 1. The molecule has 0 atom stereocenters. The number of aromatic carboxylic acids is 1. The molecule has 2 N–H and O–H groups in total. The van der Waals surface area contributed by atoms with Crippen LogP contribution in [-0.2, 0) is 4.79 Å². The highest BCUT2D eigenvalue weighted by atomic mass is 32.1. The Labute approximate surface area is 104 Å². The fourth-order valence-electron chi connectivity index (χ4n) is 1.73. The van der Waals surface area contributed by atoms with E-state index in [2.05, 4.69) is 5.32 Å². The Morgan fingerprint density at radius 3 is 2.59 bits per heavy atom. The molecule has 0 aromatic carbocycles. The molecule has 0 bridgehead atoms. The van der Waals surface area contributed by atoms with E-state index >= 15 is 0 Å². The van der Waals surface area contributed by atoms with Crippen molar-refractivity contribution in [2.45, 2.75) is 33.1 Å². The summed E-state index contributed by atoms with van der Waals surface area (Å²) >= 11 is 1.33. The van der Waals surface area contributed by atoms with Gasteiger partial charge in [0.15, 0.2) is 0 Å². The normalized spacial score (nSPS) is 14.7. The van der Waals surface area contributed by atoms with E-state index in [9.17, 15) is 9.59 Å². The van der Waals surface area contributed by atoms with Gasteiger partial charge in [-0.2, -0.15) is 0 Å². The van der Waals surface area contributed by atoms with Crippen LogP contribution in [-0.4, -0.2) is 17.0 Å². The Balaban J connectivity index is 2.16. The van der Waals surface area contributed by atoms with Crippen molar-refractivity contribution in [3.63, 3.8) is 0 Å². The van der Waals surface area contributed by atoms with Crippen molar-refractivity contribution >= 4 is 28.2 Å². The van der Waals surface area contributed by atoms with Crippen molar-refractivity contribution in [3.05, 3.63) is 16.0 Å². The lowest BCUT2D eigenvalue weighted by Gasteiger charge is -2.03. The van der Waals surface area contributed by atoms with E-state index < -0.39 is 5.97 Å². The number of aryl methyl sites for hydroxylation is 1. The van der Waals surface area contributed by atoms with Crippen LogP contribution in [0.5, 0.6) is 0 Å². The van der Waals surface area contributed by atoms with Crippen LogP contribution in [0.4, 0.5) is 5.00 Å². The Bertz CT molecular complexity index is 474. The minimum Gasteiger partial charge on any atom is -0.478 e. The fraction of sp³-hybridized carbons (Fsp3) is 0.500. The molecule has 0 saturated heterocycles. The van der Waals surface area contributed by atoms with Crippen LogP contribution in [0.25, 0.3) is 0 Å². The van der Waals surface area contributed by atoms with E-state index in [0.717, 1.165) is 23.3 Å². The van der Waals surface area contributed by atoms with Crippen LogP contribution in [0.15, 0.2) is 0 Å². The summed E-state index contributed by atoms with van der Waals surface area (Å²) in [7, 11) is 0. The molecule has 17 heavy (non-hydrogen) atoms. The van der Waals surface area contributed by atoms with Gasteiger partial charge < -0.3 is 10.4 Å². The van der Waals surface area contributed by atoms with Gasteiger partial charge in [-0.15, -0.1) is 11.3 Å². The molecule has 92 valence electrons. The summed E-state index contributed by atoms with van der Waals surface area (Å²) in [6.07, 6.45) is 2.73. The first kappa shape index (κ1) is 12.1. The number of carboxylic acid groups (broad SMARTS) is 1. The molecule has 1 saturated carbocycles. The van der Waals surface area contributed by atoms with Crippen LogP contribution in [0.2, 0.25) is 0 Å². The van der Waals surface area contributed by atoms with Gasteiger partial charge in [-0.05, 0) is 38.2 Å². The third-order valence-electron chi connectivity index (χ3n) is 3.02. The molecule has 1 aliphatic rings. The molecular formula is C12H15NO3S. The number of carboxylic acids is 1. The van der Waals surface area contributed by atoms with E-state index in [0.29, 0.717) is 17.3 Å². The van der Waals surface area contributed by atoms with Crippen molar-refractivity contribution in [1.82, 2.24) is 0 Å². The molecule has 1 aliphatic carbocycles. The second-order valence-corrected chi connectivity index (χ2v) is 5.71. The highest BCUT2D eigenvalue weighted by Gasteiger charge is 2.26. The second kappa shape index (κ2) is 4.49. The first-order valence-electron chi connectivity index (χ1n) is 5.62. The smallest absolute Gasteiger partial charge is 0.338 e. The van der Waals surface area contributed by atoms with E-state index in [1.807, 2.05) is 6.92 Å². The van der Waals surface area contributed by atoms with Gasteiger partial charge in [0, 0.05) is 11.3 Å². The minimum atomic E-state index is -0.978. The molecule has 1 aromatic heterocycles. The van der Waals surface area contributed by atoms with Crippen LogP contribution < -0.4 is 5.32 Å². The molecule has 0 radical (unpaired) electrons. The molecule has 0 unspecified atom stereocenters. The number of carbonyl (C=O) groups is 2. The number of hydrogen-bond acceptors (Lipinski definition) is 3. The number of rotatable bonds is 4. The lowest BCUT2D eigenvalue weighted by molar-refractivity contribution is -0.116. The summed E-state index contributed by atoms with van der Waals surface area (Å²) in [6.45, 7) is 3.63. The SMILES string of the molecule is Cc1sc(NC(=O)CC2CC2)c(C(=O)O)c1C. The van der Waals surface area contributed by atoms with Crippen molar-refractivity contribution in [2.24, 2.45) is 5.92 Å². The summed E-state index contributed by atoms with van der Waals surface area (Å²) in [5.41, 5.74) is 0.973. The lowest BCUT2D eigenvalue weighted by Crippen LogP contribution is -2.13. The van der Waals surface area contributed by atoms with Gasteiger partial charge in [0.05, 0.1) is 5.56 Å². The predicted molar refractivity (Wildman–Crippen MR) is 66.7 cm³/mol. The van der Waals surface area contributed by atoms with Gasteiger partial charge in [0.25, 0.3) is 0 Å². The zero-order chi connectivity index (χ0) is 12.6. The third kappa shape index (κ3) is 2.66. The molecule has 0 aliphatic heterocycles. The van der Waals surface area contributed by atoms with Crippen LogP contribution in [0.1, 0.15) is 40.1 Å². The zero-order valence-corrected chi connectivity index (χ0v) is 10.7. The number of thiophene rings is 1. The van der Waals surface area contributed by atoms with Crippen LogP contribution in [0, 0.1) is 19.8 Å². The van der Waals surface area contributed by atoms with Crippen molar-refractivity contribution in [2.75, 3.05) is 5.32 Å². The quantitative estimate of drug-likeness (QED) is 0.867. The monoisotopic (exact) mass is 253 g/mol. The van der Waals surface area contributed by atoms with Crippen LogP contribution in [0.3, 0.4) is 0 Å².